The fourth-order valence-corrected chi connectivity index (χ4v) is 4.97. The van der Waals surface area contributed by atoms with Gasteiger partial charge in [0, 0.05) is 37.6 Å². The van der Waals surface area contributed by atoms with Crippen LogP contribution in [-0.2, 0) is 0 Å². The molecule has 27 heavy (non-hydrogen) atoms. The highest BCUT2D eigenvalue weighted by Crippen LogP contribution is 2.33. The number of ether oxygens (including phenoxy) is 1. The molecule has 2 saturated heterocycles. The molecular weight excluding hydrogens is 451 g/mol. The monoisotopic (exact) mass is 484 g/mol. The molecule has 3 aliphatic rings. The predicted octanol–water partition coefficient (Wildman–Crippen LogP) is 3.35. The van der Waals surface area contributed by atoms with E-state index in [4.69, 9.17) is 4.74 Å². The van der Waals surface area contributed by atoms with Crippen molar-refractivity contribution in [2.75, 3.05) is 27.2 Å². The molecule has 1 aromatic rings. The lowest BCUT2D eigenvalue weighted by molar-refractivity contribution is 0.0526. The highest BCUT2D eigenvalue weighted by Gasteiger charge is 2.36. The molecule has 0 spiro atoms. The molecule has 0 amide bonds. The summed E-state index contributed by atoms with van der Waals surface area (Å²) in [6, 6.07) is 10.4. The van der Waals surface area contributed by atoms with Gasteiger partial charge in [0.25, 0.3) is 0 Å². The van der Waals surface area contributed by atoms with E-state index >= 15 is 0 Å². The molecule has 150 valence electrons. The van der Waals surface area contributed by atoms with Crippen LogP contribution in [0.2, 0.25) is 0 Å². The first-order valence-corrected chi connectivity index (χ1v) is 10.2. The summed E-state index contributed by atoms with van der Waals surface area (Å²) in [6.45, 7) is 1.70. The summed E-state index contributed by atoms with van der Waals surface area (Å²) >= 11 is 0. The zero-order chi connectivity index (χ0) is 17.9. The Balaban J connectivity index is 0.00000210. The van der Waals surface area contributed by atoms with E-state index in [9.17, 15) is 0 Å². The van der Waals surface area contributed by atoms with Crippen LogP contribution >= 0.6 is 24.0 Å². The third-order valence-electron chi connectivity index (χ3n) is 6.50. The Bertz CT molecular complexity index is 639. The molecule has 4 rings (SSSR count). The van der Waals surface area contributed by atoms with Crippen molar-refractivity contribution in [3.05, 3.63) is 29.8 Å². The number of hydrogen-bond acceptors (Lipinski definition) is 3. The van der Waals surface area contributed by atoms with Crippen molar-refractivity contribution < 1.29 is 4.74 Å². The van der Waals surface area contributed by atoms with E-state index in [2.05, 4.69) is 45.8 Å². The third kappa shape index (κ3) is 4.70. The number of guanidine groups is 1. The summed E-state index contributed by atoms with van der Waals surface area (Å²) in [7, 11) is 4.18. The molecule has 0 radical (unpaired) electrons. The minimum atomic E-state index is 0. The number of aliphatic imine (C=N–C) groups is 1. The highest BCUT2D eigenvalue weighted by atomic mass is 127. The number of benzene rings is 1. The molecule has 3 aliphatic heterocycles. The minimum Gasteiger partial charge on any atom is -0.493 e. The summed E-state index contributed by atoms with van der Waals surface area (Å²) in [5.74, 6) is 2.47. The zero-order valence-corrected chi connectivity index (χ0v) is 18.8. The number of para-hydroxylation sites is 1. The van der Waals surface area contributed by atoms with Crippen molar-refractivity contribution in [1.82, 2.24) is 15.5 Å². The second-order valence-corrected chi connectivity index (χ2v) is 8.04. The smallest absolute Gasteiger partial charge is 0.191 e. The SMILES string of the molecule is CN=C(NCC1CCOc2ccccc21)NC1CC2CCCC(C1)N2C.I. The van der Waals surface area contributed by atoms with Gasteiger partial charge in [-0.25, -0.2) is 0 Å². The lowest BCUT2D eigenvalue weighted by Gasteiger charge is -2.47. The number of rotatable bonds is 3. The molecule has 1 aromatic carbocycles. The van der Waals surface area contributed by atoms with E-state index in [0.29, 0.717) is 12.0 Å². The predicted molar refractivity (Wildman–Crippen MR) is 121 cm³/mol. The second-order valence-electron chi connectivity index (χ2n) is 8.04. The van der Waals surface area contributed by atoms with E-state index in [-0.39, 0.29) is 24.0 Å². The molecule has 3 heterocycles. The molecule has 3 unspecified atom stereocenters. The molecule has 0 aromatic heterocycles. The summed E-state index contributed by atoms with van der Waals surface area (Å²) in [6.07, 6.45) is 7.59. The second kappa shape index (κ2) is 9.45. The van der Waals surface area contributed by atoms with Gasteiger partial charge >= 0.3 is 0 Å². The molecule has 0 aliphatic carbocycles. The van der Waals surface area contributed by atoms with Crippen LogP contribution in [0.5, 0.6) is 5.75 Å². The molecule has 5 nitrogen and oxygen atoms in total. The van der Waals surface area contributed by atoms with Crippen LogP contribution in [-0.4, -0.2) is 56.2 Å². The van der Waals surface area contributed by atoms with Crippen molar-refractivity contribution >= 4 is 29.9 Å². The number of nitrogens with one attached hydrogen (secondary N) is 2. The Kier molecular flexibility index (Phi) is 7.25. The Morgan fingerprint density at radius 3 is 2.67 bits per heavy atom. The van der Waals surface area contributed by atoms with Gasteiger partial charge in [0.2, 0.25) is 0 Å². The van der Waals surface area contributed by atoms with Gasteiger partial charge in [-0.3, -0.25) is 4.99 Å². The number of halogens is 1. The number of nitrogens with zero attached hydrogens (tertiary/aromatic N) is 2. The van der Waals surface area contributed by atoms with Crippen LogP contribution in [0.25, 0.3) is 0 Å². The third-order valence-corrected chi connectivity index (χ3v) is 6.50. The maximum atomic E-state index is 5.78. The van der Waals surface area contributed by atoms with Gasteiger partial charge in [-0.1, -0.05) is 24.6 Å². The summed E-state index contributed by atoms with van der Waals surface area (Å²) in [4.78, 5) is 7.09. The van der Waals surface area contributed by atoms with Crippen LogP contribution in [0.3, 0.4) is 0 Å². The Morgan fingerprint density at radius 1 is 1.19 bits per heavy atom. The van der Waals surface area contributed by atoms with E-state index in [1.54, 1.807) is 0 Å². The number of hydrogen-bond donors (Lipinski definition) is 2. The fourth-order valence-electron chi connectivity index (χ4n) is 4.97. The molecule has 2 N–H and O–H groups in total. The van der Waals surface area contributed by atoms with E-state index in [1.807, 2.05) is 13.1 Å². The van der Waals surface area contributed by atoms with Crippen molar-refractivity contribution in [1.29, 1.82) is 0 Å². The van der Waals surface area contributed by atoms with Crippen LogP contribution in [0.1, 0.15) is 50.0 Å². The van der Waals surface area contributed by atoms with E-state index < -0.39 is 0 Å². The largest absolute Gasteiger partial charge is 0.493 e. The Morgan fingerprint density at radius 2 is 1.93 bits per heavy atom. The van der Waals surface area contributed by atoms with Crippen molar-refractivity contribution in [3.63, 3.8) is 0 Å². The number of piperidine rings is 2. The first-order chi connectivity index (χ1) is 12.7. The zero-order valence-electron chi connectivity index (χ0n) is 16.5. The average Bonchev–Trinajstić information content (AvgIpc) is 2.65. The fraction of sp³-hybridized carbons (Fsp3) is 0.667. The average molecular weight is 484 g/mol. The van der Waals surface area contributed by atoms with Gasteiger partial charge < -0.3 is 20.3 Å². The molecule has 3 atom stereocenters. The van der Waals surface area contributed by atoms with Crippen molar-refractivity contribution in [3.8, 4) is 5.75 Å². The maximum Gasteiger partial charge on any atom is 0.191 e. The van der Waals surface area contributed by atoms with Crippen molar-refractivity contribution in [2.45, 2.75) is 62.6 Å². The molecule has 2 fully saturated rings. The van der Waals surface area contributed by atoms with Gasteiger partial charge in [0.15, 0.2) is 5.96 Å². The lowest BCUT2D eigenvalue weighted by atomic mass is 9.82. The Hall–Kier alpha value is -1.02. The summed E-state index contributed by atoms with van der Waals surface area (Å²) in [5.41, 5.74) is 1.32. The maximum absolute atomic E-state index is 5.78. The van der Waals surface area contributed by atoms with Gasteiger partial charge in [-0.05, 0) is 50.8 Å². The molecule has 2 bridgehead atoms. The quantitative estimate of drug-likeness (QED) is 0.393. The van der Waals surface area contributed by atoms with E-state index in [1.165, 1.54) is 37.7 Å². The van der Waals surface area contributed by atoms with Crippen LogP contribution in [0, 0.1) is 0 Å². The topological polar surface area (TPSA) is 48.9 Å². The minimum absolute atomic E-state index is 0. The normalized spacial score (nSPS) is 30.5. The van der Waals surface area contributed by atoms with E-state index in [0.717, 1.165) is 43.4 Å². The first kappa shape index (κ1) is 20.7. The molecule has 6 heteroatoms. The summed E-state index contributed by atoms with van der Waals surface area (Å²) in [5, 5.41) is 7.27. The van der Waals surface area contributed by atoms with Gasteiger partial charge in [-0.15, -0.1) is 24.0 Å². The van der Waals surface area contributed by atoms with Crippen LogP contribution in [0.4, 0.5) is 0 Å². The molecule has 0 saturated carbocycles. The van der Waals surface area contributed by atoms with Crippen LogP contribution < -0.4 is 15.4 Å². The highest BCUT2D eigenvalue weighted by molar-refractivity contribution is 14.0. The molecular formula is C21H33IN4O. The van der Waals surface area contributed by atoms with Crippen molar-refractivity contribution in [2.24, 2.45) is 4.99 Å². The van der Waals surface area contributed by atoms with Gasteiger partial charge in [0.1, 0.15) is 5.75 Å². The number of fused-ring (bicyclic) bond motifs is 3. The van der Waals surface area contributed by atoms with Crippen LogP contribution in [0.15, 0.2) is 29.3 Å². The van der Waals surface area contributed by atoms with Gasteiger partial charge in [-0.2, -0.15) is 0 Å². The Labute approximate surface area is 180 Å². The standard InChI is InChI=1S/C21H32N4O.HI/c1-22-21(24-16-12-17-6-5-7-18(13-16)25(17)2)23-14-15-10-11-26-20-9-4-3-8-19(15)20;/h3-4,8-9,15-18H,5-7,10-14H2,1-2H3,(H2,22,23,24);1H. The first-order valence-electron chi connectivity index (χ1n) is 10.2. The lowest BCUT2D eigenvalue weighted by Crippen LogP contribution is -2.56. The summed E-state index contributed by atoms with van der Waals surface area (Å²) < 4.78 is 5.78. The van der Waals surface area contributed by atoms with Gasteiger partial charge in [0.05, 0.1) is 6.61 Å².